The van der Waals surface area contributed by atoms with Gasteiger partial charge in [0, 0.05) is 72.0 Å². The number of fused-ring (bicyclic) bond motifs is 1. The number of hydrogen-bond donors (Lipinski definition) is 0. The van der Waals surface area contributed by atoms with Crippen LogP contribution in [0.3, 0.4) is 0 Å². The highest BCUT2D eigenvalue weighted by molar-refractivity contribution is 7.91. The topological polar surface area (TPSA) is 483 Å². The van der Waals surface area contributed by atoms with E-state index in [2.05, 4.69) is 46.9 Å². The maximum atomic E-state index is 13.6. The molecule has 5 aliphatic heterocycles. The van der Waals surface area contributed by atoms with Crippen LogP contribution in [-0.2, 0) is 97.4 Å². The van der Waals surface area contributed by atoms with E-state index in [1.54, 1.807) is 74.5 Å². The Kier molecular flexibility index (Phi) is 36.5. The van der Waals surface area contributed by atoms with Crippen molar-refractivity contribution in [2.75, 3.05) is 49.4 Å². The van der Waals surface area contributed by atoms with Crippen molar-refractivity contribution in [3.8, 4) is 23.0 Å². The zero-order valence-electron chi connectivity index (χ0n) is 80.3. The van der Waals surface area contributed by atoms with Crippen LogP contribution in [-0.4, -0.2) is 201 Å². The monoisotopic (exact) mass is 2150 g/mol. The van der Waals surface area contributed by atoms with Crippen LogP contribution in [0.5, 0.6) is 23.0 Å². The maximum absolute atomic E-state index is 13.6. The van der Waals surface area contributed by atoms with E-state index in [0.29, 0.717) is 84.9 Å². The average molecular weight is 2150 g/mol. The van der Waals surface area contributed by atoms with Gasteiger partial charge in [-0.25, -0.2) is 8.42 Å². The van der Waals surface area contributed by atoms with Crippen LogP contribution >= 0.6 is 0 Å². The molecule has 5 heterocycles. The van der Waals surface area contributed by atoms with Crippen molar-refractivity contribution in [3.63, 3.8) is 0 Å². The summed E-state index contributed by atoms with van der Waals surface area (Å²) in [5, 5.41) is 3.17. The molecule has 0 saturated carbocycles. The predicted molar refractivity (Wildman–Crippen MR) is 525 cm³/mol. The summed E-state index contributed by atoms with van der Waals surface area (Å²) >= 11 is 0. The minimum atomic E-state index is -4.86. The average Bonchev–Trinajstić information content (AvgIpc) is 0.760. The molecule has 0 bridgehead atoms. The Balaban J connectivity index is 0.000000173. The molecule has 0 N–H and O–H groups in total. The number of hydrogen-bond acceptors (Lipinski definition) is 31. The first-order valence-electron chi connectivity index (χ1n) is 45.5. The summed E-state index contributed by atoms with van der Waals surface area (Å²) in [5.41, 5.74) is 1.48. The lowest BCUT2D eigenvalue weighted by atomic mass is 9.90. The van der Waals surface area contributed by atoms with E-state index in [9.17, 15) is 120 Å². The molecule has 5 aliphatic rings. The van der Waals surface area contributed by atoms with Crippen molar-refractivity contribution in [1.29, 1.82) is 0 Å². The van der Waals surface area contributed by atoms with Crippen molar-refractivity contribution < 1.29 is 156 Å². The first kappa shape index (κ1) is 113. The molecule has 0 spiro atoms. The number of benzene rings is 10. The molecule has 776 valence electrons. The van der Waals surface area contributed by atoms with Crippen LogP contribution in [0.4, 0.5) is 17.6 Å². The van der Waals surface area contributed by atoms with Crippen molar-refractivity contribution in [3.05, 3.63) is 231 Å². The van der Waals surface area contributed by atoms with Gasteiger partial charge in [-0.05, 0) is 136 Å². The van der Waals surface area contributed by atoms with E-state index < -0.39 is 148 Å². The van der Waals surface area contributed by atoms with E-state index in [1.165, 1.54) is 124 Å². The zero-order valence-corrected chi connectivity index (χ0v) is 86.0. The number of nitrogens with zero attached hydrogens (tertiary/aromatic N) is 5. The van der Waals surface area contributed by atoms with Gasteiger partial charge in [-0.3, -0.25) is 52.2 Å². The molecule has 10 amide bonds. The summed E-state index contributed by atoms with van der Waals surface area (Å²) in [5.74, 6) is -12.3. The Hall–Kier alpha value is -12.6. The van der Waals surface area contributed by atoms with Gasteiger partial charge in [0.1, 0.15) is 23.0 Å². The number of halogens is 4. The van der Waals surface area contributed by atoms with E-state index in [0.717, 1.165) is 101 Å². The minimum absolute atomic E-state index is 0.00682. The fourth-order valence-corrected chi connectivity index (χ4v) is 21.1. The number of allylic oxidation sites excluding steroid dienone is 1. The van der Waals surface area contributed by atoms with Crippen LogP contribution in [0.2, 0.25) is 0 Å². The number of alkyl halides is 4. The van der Waals surface area contributed by atoms with E-state index in [4.69, 9.17) is 9.47 Å². The molecule has 10 aromatic rings. The fraction of sp³-hybridized carbons (Fsp3) is 0.347. The van der Waals surface area contributed by atoms with Crippen LogP contribution in [0.15, 0.2) is 180 Å². The van der Waals surface area contributed by atoms with Crippen molar-refractivity contribution in [2.24, 2.45) is 0 Å². The molecular formula is C98H103F4N5O31S7. The molecule has 47 heteroatoms. The molecule has 0 fully saturated rings. The number of carbonyl (C=O) groups excluding carboxylic acids is 10. The second-order valence-corrected chi connectivity index (χ2v) is 45.4. The van der Waals surface area contributed by atoms with Crippen LogP contribution in [0, 0.1) is 6.92 Å². The van der Waals surface area contributed by atoms with Gasteiger partial charge in [-0.1, -0.05) is 190 Å². The molecule has 145 heavy (non-hydrogen) atoms. The highest BCUT2D eigenvalue weighted by atomic mass is 32.2. The second-order valence-electron chi connectivity index (χ2n) is 34.0. The zero-order chi connectivity index (χ0) is 107. The van der Waals surface area contributed by atoms with Gasteiger partial charge in [0.25, 0.3) is 110 Å². The quantitative estimate of drug-likeness (QED) is 0.0149. The second kappa shape index (κ2) is 46.9. The van der Waals surface area contributed by atoms with Gasteiger partial charge in [0.05, 0.1) is 109 Å². The van der Waals surface area contributed by atoms with Gasteiger partial charge < -0.3 is 14.2 Å². The number of unbranched alkanes of at least 4 members (excludes halogenated alkanes) is 15. The Morgan fingerprint density at radius 2 is 0.669 bits per heavy atom. The number of sulfone groups is 1. The molecule has 15 rings (SSSR count). The number of para-hydroxylation sites is 1. The number of rotatable bonds is 39. The van der Waals surface area contributed by atoms with Crippen LogP contribution in [0.1, 0.15) is 255 Å². The molecule has 0 aromatic heterocycles. The molecular weight excluding hydrogens is 2040 g/mol. The van der Waals surface area contributed by atoms with E-state index in [-0.39, 0.29) is 115 Å². The Morgan fingerprint density at radius 3 is 1.08 bits per heavy atom. The fourth-order valence-electron chi connectivity index (χ4n) is 16.1. The molecule has 1 atom stereocenters. The van der Waals surface area contributed by atoms with Crippen LogP contribution in [0.25, 0.3) is 48.7 Å². The van der Waals surface area contributed by atoms with Gasteiger partial charge in [-0.15, -0.1) is 46.7 Å². The smallest absolute Gasteiger partial charge is 0.463 e. The third-order valence-corrected chi connectivity index (χ3v) is 28.1. The minimum Gasteiger partial charge on any atom is -0.493 e. The van der Waals surface area contributed by atoms with Gasteiger partial charge in [-0.2, -0.15) is 59.7 Å². The molecule has 0 radical (unpaired) electrons. The van der Waals surface area contributed by atoms with E-state index in [1.807, 2.05) is 18.2 Å². The first-order chi connectivity index (χ1) is 68.1. The first-order valence-corrected chi connectivity index (χ1v) is 57.5. The van der Waals surface area contributed by atoms with E-state index >= 15 is 0 Å². The molecule has 0 saturated heterocycles. The van der Waals surface area contributed by atoms with Crippen molar-refractivity contribution in [1.82, 2.24) is 25.3 Å². The summed E-state index contributed by atoms with van der Waals surface area (Å²) in [6.45, 7) is 10.3. The lowest BCUT2D eigenvalue weighted by Gasteiger charge is -2.28. The highest BCUT2D eigenvalue weighted by Crippen LogP contribution is 2.45. The lowest BCUT2D eigenvalue weighted by molar-refractivity contribution is -0.301. The molecule has 0 aliphatic carbocycles. The largest absolute Gasteiger partial charge is 0.493 e. The lowest BCUT2D eigenvalue weighted by Crippen LogP contribution is -2.43. The normalized spacial score (nSPS) is 14.9. The maximum Gasteiger partial charge on any atom is 0.463 e. The Morgan fingerprint density at radius 1 is 0.345 bits per heavy atom. The number of amides is 10. The third kappa shape index (κ3) is 27.0. The van der Waals surface area contributed by atoms with Gasteiger partial charge >= 0.3 is 12.0 Å². The summed E-state index contributed by atoms with van der Waals surface area (Å²) in [6, 6.07) is 40.8. The number of ether oxygens (including phenoxy) is 3. The standard InChI is InChI=1S/C21H25NO7S2.C21H25NO6S2.C21H25NO6S.C19H17NO6S.C16H11F4NO6S/c1-3-4-5-6-7-8-14-31(27,28)18-13-12-17-19-15(18)10-9-11-16(19)20(23)22(21(17)24)29-30(2,25)26;1-3-4-5-6-7-8-14-29(25)18-13-12-17-19-15(18)10-9-11-16(19)20(23)22(21(17)24)28-30(2,26)27;1-3-4-5-6-7-8-14-27-18-13-12-17-19-15(18)10-9-11-16(19)20(23)22(21(17)24)28-29(2,25)26;1-4-14-17-12(2)16(25-13-8-6-5-7-9-13)11-10-15(17)19(22)20(18(14)21)26-27(3,23)24;1-15(17,18)16(19,20)26-11-7-6-10-12-8(11)4-3-5-9(12)13(22)21(14(10)23)27-28(2,24)25/h9-13H,3-8,14H2,1-2H3;9-13H,3-8,14H2,1-2H3;9-13H,3-8,14H2,1-2H3;4-11H,1-3H3;3-7H,1-2H3/b;;;14-4+;. The molecule has 36 nitrogen and oxygen atoms in total. The summed E-state index contributed by atoms with van der Waals surface area (Å²) in [7, 11) is -25.4. The summed E-state index contributed by atoms with van der Waals surface area (Å²) in [6.07, 6.45) is 19.4. The summed E-state index contributed by atoms with van der Waals surface area (Å²) in [4.78, 5) is 127. The highest BCUT2D eigenvalue weighted by Gasteiger charge is 2.56. The SMILES string of the molecule is C/C=C1/C(=O)N(OS(C)(=O)=O)C(=O)c2ccc(Oc3ccccc3)c(C)c21.CC(F)(F)C(F)(F)Oc1ccc2c3c(cccc13)C(=O)N(OS(C)(=O)=O)C2=O.CCCCCCCCOc1ccc2c3c(cccc13)C(=O)N(OS(C)(=O)=O)C2=O.CCCCCCCCS(=O)(=O)c1ccc2c3c(cccc13)C(=O)N(OS(C)(=O)=O)C2=O.CCCCCCCCS(=O)c1ccc2c3c(cccc13)C(=O)N(OS(C)(=O)=O)C2=O. The van der Waals surface area contributed by atoms with Gasteiger partial charge in [0.15, 0.2) is 9.84 Å². The summed E-state index contributed by atoms with van der Waals surface area (Å²) < 4.78 is 245. The third-order valence-electron chi connectivity index (χ3n) is 22.7. The van der Waals surface area contributed by atoms with Crippen LogP contribution < -0.4 is 14.2 Å². The Bertz CT molecular complexity index is 7530. The Labute approximate surface area is 836 Å². The number of carbonyl (C=O) groups is 10. The number of imide groups is 5. The molecule has 1 unspecified atom stereocenters. The van der Waals surface area contributed by atoms with Crippen molar-refractivity contribution in [2.45, 2.75) is 179 Å². The van der Waals surface area contributed by atoms with Crippen molar-refractivity contribution >= 4 is 179 Å². The predicted octanol–water partition coefficient (Wildman–Crippen LogP) is 17.3. The number of hydroxylamine groups is 10. The molecule has 10 aromatic carbocycles. The van der Waals surface area contributed by atoms with Gasteiger partial charge in [0.2, 0.25) is 0 Å².